The summed E-state index contributed by atoms with van der Waals surface area (Å²) in [5, 5.41) is 4.29. The van der Waals surface area contributed by atoms with Gasteiger partial charge in [0, 0.05) is 5.02 Å². The van der Waals surface area contributed by atoms with E-state index in [-0.39, 0.29) is 31.3 Å². The van der Waals surface area contributed by atoms with E-state index in [0.717, 1.165) is 5.56 Å². The van der Waals surface area contributed by atoms with Crippen LogP contribution in [0.5, 0.6) is 5.75 Å². The van der Waals surface area contributed by atoms with Crippen molar-refractivity contribution < 1.29 is 17.4 Å². The Balaban J connectivity index is 1.75. The minimum absolute atomic E-state index is 0.0376. The number of aryl methyl sites for hydroxylation is 1. The van der Waals surface area contributed by atoms with Crippen molar-refractivity contribution in [3.63, 3.8) is 0 Å². The second-order valence-electron chi connectivity index (χ2n) is 6.49. The van der Waals surface area contributed by atoms with Crippen LogP contribution in [0, 0.1) is 6.92 Å². The maximum absolute atomic E-state index is 12.5. The number of nitrogens with one attached hydrogen (secondary N) is 1. The zero-order valence-electron chi connectivity index (χ0n) is 16.3. The molecule has 0 atom stereocenters. The fourth-order valence-electron chi connectivity index (χ4n) is 2.50. The predicted molar refractivity (Wildman–Crippen MR) is 127 cm³/mol. The second kappa shape index (κ2) is 10.1. The molecule has 166 valence electrons. The van der Waals surface area contributed by atoms with E-state index in [2.05, 4.69) is 10.5 Å². The van der Waals surface area contributed by atoms with E-state index in [1.54, 1.807) is 12.1 Å². The predicted octanol–water partition coefficient (Wildman–Crippen LogP) is 6.14. The largest absolute Gasteiger partial charge is 0.376 e. The number of halogens is 4. The summed E-state index contributed by atoms with van der Waals surface area (Å²) >= 11 is 24.1. The topological polar surface area (TPSA) is 84.8 Å². The molecule has 0 unspecified atom stereocenters. The molecule has 32 heavy (non-hydrogen) atoms. The summed E-state index contributed by atoms with van der Waals surface area (Å²) in [4.78, 5) is 12.1. The maximum atomic E-state index is 12.5. The van der Waals surface area contributed by atoms with Crippen molar-refractivity contribution in [1.82, 2.24) is 5.43 Å². The maximum Gasteiger partial charge on any atom is 0.339 e. The molecule has 0 heterocycles. The molecule has 1 N–H and O–H groups in total. The summed E-state index contributed by atoms with van der Waals surface area (Å²) in [6, 6.07) is 13.3. The van der Waals surface area contributed by atoms with Gasteiger partial charge in [-0.25, -0.2) is 5.43 Å². The van der Waals surface area contributed by atoms with Gasteiger partial charge in [0.1, 0.15) is 4.90 Å². The SMILES string of the molecule is Cc1ccc(S(=O)(=O)Oc2c(Cl)cc(/C=N\NC(=O)c3ccc(Cl)cc3Cl)cc2Cl)cc1. The van der Waals surface area contributed by atoms with E-state index in [1.807, 2.05) is 6.92 Å². The summed E-state index contributed by atoms with van der Waals surface area (Å²) in [5.41, 5.74) is 3.79. The van der Waals surface area contributed by atoms with Crippen molar-refractivity contribution in [2.75, 3.05) is 0 Å². The highest BCUT2D eigenvalue weighted by Gasteiger charge is 2.21. The Kier molecular flexibility index (Phi) is 7.69. The number of hydrogen-bond acceptors (Lipinski definition) is 5. The normalized spacial score (nSPS) is 11.5. The van der Waals surface area contributed by atoms with E-state index in [0.29, 0.717) is 10.6 Å². The fraction of sp³-hybridized carbons (Fsp3) is 0.0476. The molecule has 0 aliphatic rings. The van der Waals surface area contributed by atoms with E-state index >= 15 is 0 Å². The van der Waals surface area contributed by atoms with Crippen molar-refractivity contribution in [3.8, 4) is 5.75 Å². The number of nitrogens with zero attached hydrogens (tertiary/aromatic N) is 1. The Morgan fingerprint density at radius 3 is 2.16 bits per heavy atom. The van der Waals surface area contributed by atoms with Gasteiger partial charge in [-0.2, -0.15) is 13.5 Å². The van der Waals surface area contributed by atoms with E-state index in [1.165, 1.54) is 48.7 Å². The van der Waals surface area contributed by atoms with Gasteiger partial charge in [-0.1, -0.05) is 64.1 Å². The van der Waals surface area contributed by atoms with Crippen LogP contribution < -0.4 is 9.61 Å². The molecule has 0 fully saturated rings. The summed E-state index contributed by atoms with van der Waals surface area (Å²) in [7, 11) is -4.14. The fourth-order valence-corrected chi connectivity index (χ4v) is 4.63. The average molecular weight is 532 g/mol. The third-order valence-electron chi connectivity index (χ3n) is 4.08. The van der Waals surface area contributed by atoms with Crippen molar-refractivity contribution in [2.24, 2.45) is 5.10 Å². The van der Waals surface area contributed by atoms with Gasteiger partial charge in [0.05, 0.1) is 26.8 Å². The molecule has 3 rings (SSSR count). The van der Waals surface area contributed by atoms with Crippen LogP contribution in [0.2, 0.25) is 20.1 Å². The van der Waals surface area contributed by atoms with Crippen LogP contribution in [-0.2, 0) is 10.1 Å². The summed E-state index contributed by atoms with van der Waals surface area (Å²) < 4.78 is 30.1. The highest BCUT2D eigenvalue weighted by molar-refractivity contribution is 7.87. The minimum atomic E-state index is -4.14. The molecule has 0 bridgehead atoms. The molecule has 0 saturated carbocycles. The van der Waals surface area contributed by atoms with Crippen molar-refractivity contribution in [2.45, 2.75) is 11.8 Å². The van der Waals surface area contributed by atoms with Crippen LogP contribution in [0.25, 0.3) is 0 Å². The summed E-state index contributed by atoms with van der Waals surface area (Å²) in [6.45, 7) is 1.83. The van der Waals surface area contributed by atoms with Crippen LogP contribution in [0.1, 0.15) is 21.5 Å². The lowest BCUT2D eigenvalue weighted by Crippen LogP contribution is -2.18. The zero-order valence-corrected chi connectivity index (χ0v) is 20.1. The van der Waals surface area contributed by atoms with E-state index < -0.39 is 16.0 Å². The number of hydrazone groups is 1. The zero-order chi connectivity index (χ0) is 23.5. The molecular formula is C21H14Cl4N2O4S. The van der Waals surface area contributed by atoms with E-state index in [4.69, 9.17) is 50.6 Å². The molecule has 6 nitrogen and oxygen atoms in total. The molecule has 0 aliphatic heterocycles. The first-order valence-corrected chi connectivity index (χ1v) is 11.8. The standard InChI is InChI=1S/C21H14Cl4N2O4S/c1-12-2-5-15(6-3-12)32(29,30)31-20-18(24)8-13(9-19(20)25)11-26-27-21(28)16-7-4-14(22)10-17(16)23/h2-11H,1H3,(H,27,28)/b26-11-. The third kappa shape index (κ3) is 5.94. The monoisotopic (exact) mass is 530 g/mol. The lowest BCUT2D eigenvalue weighted by Gasteiger charge is -2.11. The van der Waals surface area contributed by atoms with Gasteiger partial charge in [0.15, 0.2) is 5.75 Å². The molecule has 0 aliphatic carbocycles. The van der Waals surface area contributed by atoms with Crippen molar-refractivity contribution in [3.05, 3.63) is 91.4 Å². The molecule has 0 spiro atoms. The number of benzene rings is 3. The van der Waals surface area contributed by atoms with Crippen LogP contribution >= 0.6 is 46.4 Å². The number of hydrogen-bond donors (Lipinski definition) is 1. The Hall–Kier alpha value is -2.29. The minimum Gasteiger partial charge on any atom is -0.376 e. The second-order valence-corrected chi connectivity index (χ2v) is 9.69. The van der Waals surface area contributed by atoms with E-state index in [9.17, 15) is 13.2 Å². The number of carbonyl (C=O) groups is 1. The highest BCUT2D eigenvalue weighted by atomic mass is 35.5. The summed E-state index contributed by atoms with van der Waals surface area (Å²) in [6.07, 6.45) is 1.28. The third-order valence-corrected chi connectivity index (χ3v) is 6.42. The van der Waals surface area contributed by atoms with Crippen LogP contribution in [0.15, 0.2) is 64.6 Å². The van der Waals surface area contributed by atoms with Gasteiger partial charge in [0.25, 0.3) is 5.91 Å². The Bertz CT molecular complexity index is 1290. The molecule has 11 heteroatoms. The van der Waals surface area contributed by atoms with Crippen LogP contribution in [0.4, 0.5) is 0 Å². The number of amides is 1. The van der Waals surface area contributed by atoms with Gasteiger partial charge in [-0.05, 0) is 55.0 Å². The molecule has 3 aromatic carbocycles. The van der Waals surface area contributed by atoms with Crippen molar-refractivity contribution >= 4 is 68.6 Å². The Labute approximate surface area is 204 Å². The van der Waals surface area contributed by atoms with Crippen molar-refractivity contribution in [1.29, 1.82) is 0 Å². The van der Waals surface area contributed by atoms with Gasteiger partial charge in [-0.15, -0.1) is 0 Å². The van der Waals surface area contributed by atoms with Crippen LogP contribution in [0.3, 0.4) is 0 Å². The lowest BCUT2D eigenvalue weighted by molar-refractivity contribution is 0.0955. The summed E-state index contributed by atoms with van der Waals surface area (Å²) in [5.74, 6) is -0.771. The number of rotatable bonds is 6. The molecule has 0 saturated heterocycles. The van der Waals surface area contributed by atoms with Gasteiger partial charge in [-0.3, -0.25) is 4.79 Å². The van der Waals surface area contributed by atoms with Gasteiger partial charge < -0.3 is 4.18 Å². The Morgan fingerprint density at radius 2 is 1.56 bits per heavy atom. The van der Waals surface area contributed by atoms with Crippen LogP contribution in [-0.4, -0.2) is 20.5 Å². The quantitative estimate of drug-likeness (QED) is 0.235. The molecule has 0 aromatic heterocycles. The molecular weight excluding hydrogens is 518 g/mol. The first kappa shape index (κ1) is 24.4. The smallest absolute Gasteiger partial charge is 0.339 e. The lowest BCUT2D eigenvalue weighted by atomic mass is 10.2. The van der Waals surface area contributed by atoms with Gasteiger partial charge >= 0.3 is 10.1 Å². The Morgan fingerprint density at radius 1 is 0.938 bits per heavy atom. The molecule has 3 aromatic rings. The molecule has 1 amide bonds. The first-order valence-electron chi connectivity index (χ1n) is 8.85. The first-order chi connectivity index (χ1) is 15.1. The van der Waals surface area contributed by atoms with Gasteiger partial charge in [0.2, 0.25) is 0 Å². The highest BCUT2D eigenvalue weighted by Crippen LogP contribution is 2.36. The number of carbonyl (C=O) groups excluding carboxylic acids is 1. The molecule has 0 radical (unpaired) electrons. The average Bonchev–Trinajstić information content (AvgIpc) is 2.71.